The van der Waals surface area contributed by atoms with Gasteiger partial charge in [0.05, 0.1) is 0 Å². The third kappa shape index (κ3) is 1.80. The van der Waals surface area contributed by atoms with E-state index in [9.17, 15) is 0 Å². The molecule has 1 aliphatic carbocycles. The third-order valence-electron chi connectivity index (χ3n) is 3.71. The van der Waals surface area contributed by atoms with Crippen LogP contribution in [0.5, 0.6) is 0 Å². The number of rotatable bonds is 1. The van der Waals surface area contributed by atoms with E-state index < -0.39 is 0 Å². The van der Waals surface area contributed by atoms with E-state index in [2.05, 4.69) is 27.2 Å². The molecule has 3 rings (SSSR count). The van der Waals surface area contributed by atoms with E-state index in [0.29, 0.717) is 17.5 Å². The largest absolute Gasteiger partial charge is 0.366 e. The van der Waals surface area contributed by atoms with Gasteiger partial charge in [-0.05, 0) is 12.3 Å². The second-order valence-corrected chi connectivity index (χ2v) is 5.28. The summed E-state index contributed by atoms with van der Waals surface area (Å²) in [7, 11) is 0. The standard InChI is InChI=1S/C11H15ClN6/c1-6-4-2-3-5-7(6)9-15-16-10-8(12)14-11(13)17-18(9)10/h6-7H,2-5H2,1H3,(H2,13,17). The molecule has 2 N–H and O–H groups in total. The van der Waals surface area contributed by atoms with Crippen LogP contribution in [-0.2, 0) is 0 Å². The molecule has 2 aromatic rings. The Labute approximate surface area is 110 Å². The summed E-state index contributed by atoms with van der Waals surface area (Å²) in [5.41, 5.74) is 6.12. The average Bonchev–Trinajstić information content (AvgIpc) is 2.73. The highest BCUT2D eigenvalue weighted by atomic mass is 35.5. The van der Waals surface area contributed by atoms with Crippen molar-refractivity contribution in [1.82, 2.24) is 24.8 Å². The molecule has 0 amide bonds. The van der Waals surface area contributed by atoms with Crippen LogP contribution in [-0.4, -0.2) is 24.8 Å². The predicted molar refractivity (Wildman–Crippen MR) is 68.4 cm³/mol. The predicted octanol–water partition coefficient (Wildman–Crippen LogP) is 2.05. The van der Waals surface area contributed by atoms with Crippen LogP contribution in [0.2, 0.25) is 5.15 Å². The van der Waals surface area contributed by atoms with E-state index in [-0.39, 0.29) is 11.1 Å². The van der Waals surface area contributed by atoms with Gasteiger partial charge in [-0.2, -0.15) is 9.50 Å². The SMILES string of the molecule is CC1CCCCC1c1nnc2c(Cl)nc(N)nn12. The van der Waals surface area contributed by atoms with Crippen LogP contribution in [0, 0.1) is 5.92 Å². The molecule has 0 bridgehead atoms. The average molecular weight is 267 g/mol. The lowest BCUT2D eigenvalue weighted by Crippen LogP contribution is -2.18. The van der Waals surface area contributed by atoms with Crippen molar-refractivity contribution in [3.63, 3.8) is 0 Å². The summed E-state index contributed by atoms with van der Waals surface area (Å²) >= 11 is 6.00. The van der Waals surface area contributed by atoms with Crippen molar-refractivity contribution in [2.75, 3.05) is 5.73 Å². The van der Waals surface area contributed by atoms with E-state index in [4.69, 9.17) is 17.3 Å². The van der Waals surface area contributed by atoms with Crippen LogP contribution in [0.15, 0.2) is 0 Å². The molecular formula is C11H15ClN6. The zero-order valence-electron chi connectivity index (χ0n) is 10.2. The van der Waals surface area contributed by atoms with Gasteiger partial charge in [-0.1, -0.05) is 37.8 Å². The smallest absolute Gasteiger partial charge is 0.240 e. The molecule has 0 aromatic carbocycles. The molecule has 2 heterocycles. The molecule has 1 fully saturated rings. The van der Waals surface area contributed by atoms with Crippen LogP contribution in [0.4, 0.5) is 5.95 Å². The zero-order chi connectivity index (χ0) is 12.7. The van der Waals surface area contributed by atoms with Crippen molar-refractivity contribution >= 4 is 23.2 Å². The molecular weight excluding hydrogens is 252 g/mol. The lowest BCUT2D eigenvalue weighted by Gasteiger charge is -2.26. The summed E-state index contributed by atoms with van der Waals surface area (Å²) in [5, 5.41) is 12.7. The van der Waals surface area contributed by atoms with Gasteiger partial charge in [-0.3, -0.25) is 0 Å². The first-order chi connectivity index (χ1) is 8.66. The van der Waals surface area contributed by atoms with Crippen molar-refractivity contribution in [2.24, 2.45) is 5.92 Å². The molecule has 2 unspecified atom stereocenters. The second kappa shape index (κ2) is 4.35. The van der Waals surface area contributed by atoms with Gasteiger partial charge in [0.15, 0.2) is 11.0 Å². The minimum atomic E-state index is 0.150. The molecule has 6 nitrogen and oxygen atoms in total. The fourth-order valence-corrected chi connectivity index (χ4v) is 2.93. The first kappa shape index (κ1) is 11.6. The molecule has 2 atom stereocenters. The molecule has 0 radical (unpaired) electrons. The van der Waals surface area contributed by atoms with Crippen molar-refractivity contribution in [3.8, 4) is 0 Å². The Morgan fingerprint density at radius 2 is 2.06 bits per heavy atom. The number of fused-ring (bicyclic) bond motifs is 1. The van der Waals surface area contributed by atoms with E-state index in [1.165, 1.54) is 19.3 Å². The quantitative estimate of drug-likeness (QED) is 0.854. The van der Waals surface area contributed by atoms with Crippen LogP contribution in [0.3, 0.4) is 0 Å². The highest BCUT2D eigenvalue weighted by Crippen LogP contribution is 2.36. The highest BCUT2D eigenvalue weighted by molar-refractivity contribution is 6.32. The first-order valence-electron chi connectivity index (χ1n) is 6.21. The summed E-state index contributed by atoms with van der Waals surface area (Å²) in [6, 6.07) is 0. The lowest BCUT2D eigenvalue weighted by molar-refractivity contribution is 0.316. The van der Waals surface area contributed by atoms with E-state index in [1.807, 2.05) is 0 Å². The molecule has 1 saturated carbocycles. The number of nitrogen functional groups attached to an aromatic ring is 1. The topological polar surface area (TPSA) is 82.0 Å². The van der Waals surface area contributed by atoms with Gasteiger partial charge in [0.25, 0.3) is 0 Å². The maximum Gasteiger partial charge on any atom is 0.240 e. The Morgan fingerprint density at radius 1 is 1.28 bits per heavy atom. The molecule has 7 heteroatoms. The molecule has 96 valence electrons. The van der Waals surface area contributed by atoms with Crippen LogP contribution < -0.4 is 5.73 Å². The van der Waals surface area contributed by atoms with Gasteiger partial charge in [-0.15, -0.1) is 15.3 Å². The summed E-state index contributed by atoms with van der Waals surface area (Å²) in [4.78, 5) is 3.89. The number of nitrogens with two attached hydrogens (primary N) is 1. The second-order valence-electron chi connectivity index (χ2n) is 4.92. The molecule has 0 spiro atoms. The lowest BCUT2D eigenvalue weighted by atomic mass is 9.80. The van der Waals surface area contributed by atoms with Gasteiger partial charge < -0.3 is 5.73 Å². The number of hydrogen-bond donors (Lipinski definition) is 1. The van der Waals surface area contributed by atoms with Gasteiger partial charge in [0, 0.05) is 5.92 Å². The minimum absolute atomic E-state index is 0.150. The van der Waals surface area contributed by atoms with Gasteiger partial charge in [0.1, 0.15) is 0 Å². The third-order valence-corrected chi connectivity index (χ3v) is 3.96. The Hall–Kier alpha value is -1.43. The number of anilines is 1. The van der Waals surface area contributed by atoms with E-state index >= 15 is 0 Å². The number of nitrogens with zero attached hydrogens (tertiary/aromatic N) is 5. The summed E-state index contributed by atoms with van der Waals surface area (Å²) in [6.45, 7) is 2.25. The van der Waals surface area contributed by atoms with Crippen LogP contribution in [0.25, 0.3) is 5.65 Å². The highest BCUT2D eigenvalue weighted by Gasteiger charge is 2.28. The number of halogens is 1. The van der Waals surface area contributed by atoms with E-state index in [1.54, 1.807) is 4.52 Å². The van der Waals surface area contributed by atoms with Crippen molar-refractivity contribution < 1.29 is 0 Å². The van der Waals surface area contributed by atoms with Gasteiger partial charge in [0.2, 0.25) is 11.6 Å². The number of aromatic nitrogens is 5. The normalized spacial score (nSPS) is 24.6. The van der Waals surface area contributed by atoms with Crippen molar-refractivity contribution in [2.45, 2.75) is 38.5 Å². The molecule has 2 aromatic heterocycles. The fraction of sp³-hybridized carbons (Fsp3) is 0.636. The van der Waals surface area contributed by atoms with Crippen LogP contribution >= 0.6 is 11.6 Å². The summed E-state index contributed by atoms with van der Waals surface area (Å²) < 4.78 is 1.65. The molecule has 18 heavy (non-hydrogen) atoms. The Kier molecular flexibility index (Phi) is 2.81. The van der Waals surface area contributed by atoms with Gasteiger partial charge >= 0.3 is 0 Å². The Bertz CT molecular complexity index is 580. The Balaban J connectivity index is 2.11. The zero-order valence-corrected chi connectivity index (χ0v) is 10.9. The van der Waals surface area contributed by atoms with Crippen molar-refractivity contribution in [1.29, 1.82) is 0 Å². The summed E-state index contributed by atoms with van der Waals surface area (Å²) in [5.74, 6) is 1.96. The maximum absolute atomic E-state index is 6.00. The number of hydrogen-bond acceptors (Lipinski definition) is 5. The van der Waals surface area contributed by atoms with Crippen LogP contribution in [0.1, 0.15) is 44.3 Å². The molecule has 0 saturated heterocycles. The maximum atomic E-state index is 6.00. The Morgan fingerprint density at radius 3 is 2.83 bits per heavy atom. The monoisotopic (exact) mass is 266 g/mol. The van der Waals surface area contributed by atoms with E-state index in [0.717, 1.165) is 12.2 Å². The molecule has 1 aliphatic rings. The minimum Gasteiger partial charge on any atom is -0.366 e. The first-order valence-corrected chi connectivity index (χ1v) is 6.59. The van der Waals surface area contributed by atoms with Crippen molar-refractivity contribution in [3.05, 3.63) is 11.0 Å². The van der Waals surface area contributed by atoms with Gasteiger partial charge in [-0.25, -0.2) is 0 Å². The molecule has 0 aliphatic heterocycles. The fourth-order valence-electron chi connectivity index (χ4n) is 2.73. The summed E-state index contributed by atoms with van der Waals surface area (Å²) in [6.07, 6.45) is 4.84.